The van der Waals surface area contributed by atoms with Crippen molar-refractivity contribution in [1.29, 1.82) is 0 Å². The molecular formula is C50H44N2S. The number of hydrogen-bond acceptors (Lipinski definition) is 3. The SMILES string of the molecule is CC1(C)CCC(C)(C)c2cc(N(c3ccccc3)c3cccc(-c4ccc(N(c5ccccc5)c5ccc6sc7ccccc7c6c5)cc4)c3)ccc21. The highest BCUT2D eigenvalue weighted by molar-refractivity contribution is 7.25. The molecule has 0 aliphatic heterocycles. The zero-order chi connectivity index (χ0) is 36.2. The first-order valence-corrected chi connectivity index (χ1v) is 19.5. The number of fused-ring (bicyclic) bond motifs is 4. The van der Waals surface area contributed by atoms with Crippen LogP contribution in [0.2, 0.25) is 0 Å². The van der Waals surface area contributed by atoms with Gasteiger partial charge < -0.3 is 9.80 Å². The molecule has 1 aliphatic rings. The van der Waals surface area contributed by atoms with Gasteiger partial charge in [0, 0.05) is 54.3 Å². The summed E-state index contributed by atoms with van der Waals surface area (Å²) in [6, 6.07) is 62.3. The van der Waals surface area contributed by atoms with Crippen molar-refractivity contribution in [2.45, 2.75) is 51.4 Å². The topological polar surface area (TPSA) is 6.48 Å². The molecule has 0 bridgehead atoms. The van der Waals surface area contributed by atoms with Crippen LogP contribution in [0.5, 0.6) is 0 Å². The molecule has 1 aromatic heterocycles. The standard InChI is InChI=1S/C50H44N2S/c1-49(2)30-31-50(3,4)46-34-42(26-28-45(46)49)52(38-17-9-6-10-18-38)40-19-13-14-36(32-40)35-22-24-39(25-23-35)51(37-15-7-5-8-16-37)41-27-29-48-44(33-41)43-20-11-12-21-47(43)53-48/h5-29,32-34H,30-31H2,1-4H3. The fourth-order valence-corrected chi connectivity index (χ4v) is 9.33. The number of anilines is 6. The number of benzene rings is 7. The second kappa shape index (κ2) is 13.1. The fourth-order valence-electron chi connectivity index (χ4n) is 8.24. The van der Waals surface area contributed by atoms with Crippen LogP contribution in [0.1, 0.15) is 51.7 Å². The van der Waals surface area contributed by atoms with Crippen molar-refractivity contribution < 1.29 is 0 Å². The Morgan fingerprint density at radius 3 is 1.60 bits per heavy atom. The summed E-state index contributed by atoms with van der Waals surface area (Å²) in [6.07, 6.45) is 2.40. The lowest BCUT2D eigenvalue weighted by Gasteiger charge is -2.42. The third kappa shape index (κ3) is 6.09. The fraction of sp³-hybridized carbons (Fsp3) is 0.160. The van der Waals surface area contributed by atoms with Crippen molar-refractivity contribution in [3.05, 3.63) is 181 Å². The molecule has 8 aromatic rings. The lowest BCUT2D eigenvalue weighted by atomic mass is 9.63. The van der Waals surface area contributed by atoms with Gasteiger partial charge in [-0.1, -0.05) is 113 Å². The van der Waals surface area contributed by atoms with E-state index in [1.807, 2.05) is 11.3 Å². The van der Waals surface area contributed by atoms with E-state index in [9.17, 15) is 0 Å². The summed E-state index contributed by atoms with van der Waals surface area (Å²) >= 11 is 1.86. The van der Waals surface area contributed by atoms with Crippen molar-refractivity contribution in [3.8, 4) is 11.1 Å². The van der Waals surface area contributed by atoms with E-state index < -0.39 is 0 Å². The van der Waals surface area contributed by atoms with Crippen LogP contribution in [0.25, 0.3) is 31.3 Å². The van der Waals surface area contributed by atoms with E-state index in [0.29, 0.717) is 0 Å². The summed E-state index contributed by atoms with van der Waals surface area (Å²) in [5.74, 6) is 0. The molecule has 0 spiro atoms. The molecule has 2 nitrogen and oxygen atoms in total. The van der Waals surface area contributed by atoms with Gasteiger partial charge in [-0.25, -0.2) is 0 Å². The molecule has 0 radical (unpaired) electrons. The molecule has 1 heterocycles. The van der Waals surface area contributed by atoms with E-state index in [1.54, 1.807) is 0 Å². The van der Waals surface area contributed by atoms with Crippen molar-refractivity contribution >= 4 is 65.6 Å². The van der Waals surface area contributed by atoms with E-state index in [1.165, 1.54) is 61.0 Å². The number of thiophene rings is 1. The van der Waals surface area contributed by atoms with Gasteiger partial charge in [0.1, 0.15) is 0 Å². The quantitative estimate of drug-likeness (QED) is 0.163. The van der Waals surface area contributed by atoms with Crippen molar-refractivity contribution in [1.82, 2.24) is 0 Å². The van der Waals surface area contributed by atoms with Crippen molar-refractivity contribution in [2.75, 3.05) is 9.80 Å². The highest BCUT2D eigenvalue weighted by atomic mass is 32.1. The maximum Gasteiger partial charge on any atom is 0.0468 e. The number of para-hydroxylation sites is 2. The van der Waals surface area contributed by atoms with Gasteiger partial charge in [-0.15, -0.1) is 11.3 Å². The molecule has 260 valence electrons. The number of nitrogens with zero attached hydrogens (tertiary/aromatic N) is 2. The number of hydrogen-bond donors (Lipinski definition) is 0. The highest BCUT2D eigenvalue weighted by Crippen LogP contribution is 2.48. The van der Waals surface area contributed by atoms with Crippen LogP contribution < -0.4 is 9.80 Å². The summed E-state index contributed by atoms with van der Waals surface area (Å²) in [5.41, 5.74) is 12.5. The molecule has 53 heavy (non-hydrogen) atoms. The van der Waals surface area contributed by atoms with Gasteiger partial charge in [0.15, 0.2) is 0 Å². The summed E-state index contributed by atoms with van der Waals surface area (Å²) in [7, 11) is 0. The van der Waals surface area contributed by atoms with Crippen LogP contribution in [0.15, 0.2) is 170 Å². The minimum Gasteiger partial charge on any atom is -0.310 e. The van der Waals surface area contributed by atoms with Crippen LogP contribution in [-0.4, -0.2) is 0 Å². The molecule has 1 aliphatic carbocycles. The first-order valence-electron chi connectivity index (χ1n) is 18.7. The second-order valence-corrected chi connectivity index (χ2v) is 16.8. The molecule has 0 amide bonds. The molecule has 0 atom stereocenters. The predicted octanol–water partition coefficient (Wildman–Crippen LogP) is 15.0. The monoisotopic (exact) mass is 704 g/mol. The minimum atomic E-state index is 0.129. The van der Waals surface area contributed by atoms with Crippen molar-refractivity contribution in [3.63, 3.8) is 0 Å². The molecular weight excluding hydrogens is 661 g/mol. The smallest absolute Gasteiger partial charge is 0.0468 e. The molecule has 0 unspecified atom stereocenters. The summed E-state index contributed by atoms with van der Waals surface area (Å²) in [6.45, 7) is 9.60. The highest BCUT2D eigenvalue weighted by Gasteiger charge is 2.37. The predicted molar refractivity (Wildman–Crippen MR) is 229 cm³/mol. The second-order valence-electron chi connectivity index (χ2n) is 15.7. The maximum absolute atomic E-state index is 2.46. The van der Waals surface area contributed by atoms with E-state index in [2.05, 4.69) is 207 Å². The van der Waals surface area contributed by atoms with Crippen molar-refractivity contribution in [2.24, 2.45) is 0 Å². The van der Waals surface area contributed by atoms with Gasteiger partial charge in [0.25, 0.3) is 0 Å². The van der Waals surface area contributed by atoms with Gasteiger partial charge in [-0.2, -0.15) is 0 Å². The summed E-state index contributed by atoms with van der Waals surface area (Å²) < 4.78 is 2.63. The van der Waals surface area contributed by atoms with Gasteiger partial charge in [0.05, 0.1) is 0 Å². The third-order valence-electron chi connectivity index (χ3n) is 11.3. The Hall–Kier alpha value is -5.64. The largest absolute Gasteiger partial charge is 0.310 e. The average Bonchev–Trinajstić information content (AvgIpc) is 3.56. The Kier molecular flexibility index (Phi) is 8.20. The summed E-state index contributed by atoms with van der Waals surface area (Å²) in [5, 5.41) is 2.61. The molecule has 0 saturated heterocycles. The molecule has 0 fully saturated rings. The van der Waals surface area contributed by atoms with E-state index in [4.69, 9.17) is 0 Å². The Balaban J connectivity index is 1.10. The van der Waals surface area contributed by atoms with Crippen LogP contribution in [0.4, 0.5) is 34.1 Å². The molecule has 0 N–H and O–H groups in total. The van der Waals surface area contributed by atoms with E-state index in [-0.39, 0.29) is 10.8 Å². The number of rotatable bonds is 7. The Morgan fingerprint density at radius 1 is 0.377 bits per heavy atom. The first-order chi connectivity index (χ1) is 25.7. The van der Waals surface area contributed by atoms with E-state index in [0.717, 1.165) is 28.4 Å². The lowest BCUT2D eigenvalue weighted by Crippen LogP contribution is -2.34. The normalized spacial score (nSPS) is 14.6. The first kappa shape index (κ1) is 33.2. The van der Waals surface area contributed by atoms with Gasteiger partial charge in [-0.05, 0) is 131 Å². The summed E-state index contributed by atoms with van der Waals surface area (Å²) in [4.78, 5) is 4.78. The Bertz CT molecular complexity index is 2560. The van der Waals surface area contributed by atoms with Crippen LogP contribution in [0, 0.1) is 0 Å². The molecule has 0 saturated carbocycles. The van der Waals surface area contributed by atoms with E-state index >= 15 is 0 Å². The zero-order valence-electron chi connectivity index (χ0n) is 30.9. The molecule has 9 rings (SSSR count). The van der Waals surface area contributed by atoms with Crippen LogP contribution in [0.3, 0.4) is 0 Å². The average molecular weight is 705 g/mol. The maximum atomic E-state index is 2.46. The van der Waals surface area contributed by atoms with Gasteiger partial charge in [0.2, 0.25) is 0 Å². The van der Waals surface area contributed by atoms with Gasteiger partial charge >= 0.3 is 0 Å². The van der Waals surface area contributed by atoms with Crippen LogP contribution in [-0.2, 0) is 10.8 Å². The molecule has 7 aromatic carbocycles. The third-order valence-corrected chi connectivity index (χ3v) is 12.5. The Labute approximate surface area is 317 Å². The van der Waals surface area contributed by atoms with Gasteiger partial charge in [-0.3, -0.25) is 0 Å². The van der Waals surface area contributed by atoms with Crippen LogP contribution >= 0.6 is 11.3 Å². The zero-order valence-corrected chi connectivity index (χ0v) is 31.7. The molecule has 3 heteroatoms. The lowest BCUT2D eigenvalue weighted by molar-refractivity contribution is 0.332. The Morgan fingerprint density at radius 2 is 0.887 bits per heavy atom. The minimum absolute atomic E-state index is 0.129.